The Labute approximate surface area is 217 Å². The van der Waals surface area contributed by atoms with Crippen molar-refractivity contribution < 1.29 is 26.4 Å². The number of carbonyl (C=O) groups excluding carboxylic acids is 1. The highest BCUT2D eigenvalue weighted by atomic mass is 35.5. The number of aromatic nitrogens is 1. The third-order valence-electron chi connectivity index (χ3n) is 6.70. The van der Waals surface area contributed by atoms with Gasteiger partial charge in [0, 0.05) is 41.9 Å². The number of hydrogen-bond acceptors (Lipinski definition) is 8. The summed E-state index contributed by atoms with van der Waals surface area (Å²) in [5, 5.41) is 3.34. The summed E-state index contributed by atoms with van der Waals surface area (Å²) < 4.78 is 53.8. The number of carbonyl (C=O) groups is 1. The van der Waals surface area contributed by atoms with Crippen LogP contribution in [-0.2, 0) is 24.5 Å². The van der Waals surface area contributed by atoms with Crippen molar-refractivity contribution in [1.29, 1.82) is 0 Å². The molecule has 2 aliphatic rings. The van der Waals surface area contributed by atoms with Gasteiger partial charge in [0.15, 0.2) is 25.3 Å². The van der Waals surface area contributed by atoms with Crippen LogP contribution in [0.1, 0.15) is 39.5 Å². The molecule has 1 amide bonds. The van der Waals surface area contributed by atoms with Crippen molar-refractivity contribution in [3.8, 4) is 5.75 Å². The third-order valence-corrected chi connectivity index (χ3v) is 9.15. The number of halogens is 1. The van der Waals surface area contributed by atoms with Crippen LogP contribution in [-0.4, -0.2) is 64.0 Å². The maximum atomic E-state index is 13.2. The number of rotatable bonds is 7. The van der Waals surface area contributed by atoms with Crippen molar-refractivity contribution in [3.05, 3.63) is 41.6 Å². The van der Waals surface area contributed by atoms with Crippen LogP contribution in [0.3, 0.4) is 0 Å². The van der Waals surface area contributed by atoms with E-state index < -0.39 is 25.3 Å². The highest BCUT2D eigenvalue weighted by molar-refractivity contribution is 7.91. The molecule has 2 atom stereocenters. The van der Waals surface area contributed by atoms with Gasteiger partial charge in [0.1, 0.15) is 16.5 Å². The van der Waals surface area contributed by atoms with Gasteiger partial charge in [-0.15, -0.1) is 0 Å². The molecule has 0 radical (unpaired) electrons. The second-order valence-electron chi connectivity index (χ2n) is 10.0. The van der Waals surface area contributed by atoms with Gasteiger partial charge in [0.05, 0.1) is 4.90 Å². The Morgan fingerprint density at radius 1 is 1.06 bits per heavy atom. The van der Waals surface area contributed by atoms with E-state index >= 15 is 0 Å². The van der Waals surface area contributed by atoms with Gasteiger partial charge in [-0.3, -0.25) is 4.79 Å². The van der Waals surface area contributed by atoms with Gasteiger partial charge >= 0.3 is 0 Å². The van der Waals surface area contributed by atoms with Gasteiger partial charge in [-0.05, 0) is 69.9 Å². The number of pyridine rings is 1. The van der Waals surface area contributed by atoms with Crippen molar-refractivity contribution in [2.75, 3.05) is 17.4 Å². The number of hydrogen-bond donors (Lipinski definition) is 1. The first-order chi connectivity index (χ1) is 16.6. The molecule has 2 saturated heterocycles. The fourth-order valence-electron chi connectivity index (χ4n) is 4.95. The highest BCUT2D eigenvalue weighted by Gasteiger charge is 2.43. The standard InChI is InChI=1S/C24H30ClN3O6S2/c1-24(2,34-20-9-5-15(25)11-21(20)36(4,32)33)23(29)27-16-12-17-6-7-18(13-16)28(17)22-10-8-19(14-26-22)35(3,30)31/h5,8-11,14,16-18H,6-7,12-13H2,1-4H3,(H,27,29). The summed E-state index contributed by atoms with van der Waals surface area (Å²) in [6.45, 7) is 3.19. The zero-order valence-corrected chi connectivity index (χ0v) is 23.0. The molecule has 2 fully saturated rings. The van der Waals surface area contributed by atoms with Gasteiger partial charge in [0.25, 0.3) is 5.91 Å². The molecule has 2 aromatic rings. The molecule has 2 bridgehead atoms. The van der Waals surface area contributed by atoms with E-state index in [1.54, 1.807) is 26.0 Å². The maximum absolute atomic E-state index is 13.2. The summed E-state index contributed by atoms with van der Waals surface area (Å²) in [5.41, 5.74) is -1.33. The summed E-state index contributed by atoms with van der Waals surface area (Å²) >= 11 is 5.97. The first kappa shape index (κ1) is 26.7. The Kier molecular flexibility index (Phi) is 7.04. The van der Waals surface area contributed by atoms with Crippen LogP contribution in [0.2, 0.25) is 5.02 Å². The van der Waals surface area contributed by atoms with Crippen molar-refractivity contribution in [1.82, 2.24) is 10.3 Å². The Balaban J connectivity index is 1.44. The molecule has 36 heavy (non-hydrogen) atoms. The van der Waals surface area contributed by atoms with E-state index in [0.29, 0.717) is 12.8 Å². The monoisotopic (exact) mass is 555 g/mol. The predicted molar refractivity (Wildman–Crippen MR) is 137 cm³/mol. The van der Waals surface area contributed by atoms with Crippen LogP contribution < -0.4 is 15.0 Å². The zero-order chi connectivity index (χ0) is 26.5. The van der Waals surface area contributed by atoms with Crippen LogP contribution >= 0.6 is 11.6 Å². The van der Waals surface area contributed by atoms with E-state index in [9.17, 15) is 21.6 Å². The minimum atomic E-state index is -3.62. The molecule has 1 aromatic carbocycles. The van der Waals surface area contributed by atoms with Gasteiger partial charge in [-0.1, -0.05) is 11.6 Å². The minimum absolute atomic E-state index is 0.0700. The predicted octanol–water partition coefficient (Wildman–Crippen LogP) is 3.02. The number of amides is 1. The van der Waals surface area contributed by atoms with Crippen molar-refractivity contribution in [2.24, 2.45) is 0 Å². The van der Waals surface area contributed by atoms with Crippen LogP contribution in [0.25, 0.3) is 0 Å². The average Bonchev–Trinajstić information content (AvgIpc) is 3.04. The van der Waals surface area contributed by atoms with E-state index in [-0.39, 0.29) is 44.6 Å². The van der Waals surface area contributed by atoms with Gasteiger partial charge in [-0.2, -0.15) is 0 Å². The molecule has 12 heteroatoms. The second-order valence-corrected chi connectivity index (χ2v) is 14.5. The van der Waals surface area contributed by atoms with Gasteiger partial charge in [-0.25, -0.2) is 21.8 Å². The molecule has 2 aliphatic heterocycles. The Morgan fingerprint density at radius 2 is 1.69 bits per heavy atom. The zero-order valence-electron chi connectivity index (χ0n) is 20.6. The third kappa shape index (κ3) is 5.63. The normalized spacial score (nSPS) is 22.4. The van der Waals surface area contributed by atoms with Crippen LogP contribution in [0.4, 0.5) is 5.82 Å². The molecule has 2 unspecified atom stereocenters. The number of nitrogens with zero attached hydrogens (tertiary/aromatic N) is 2. The first-order valence-electron chi connectivity index (χ1n) is 11.6. The lowest BCUT2D eigenvalue weighted by Gasteiger charge is -2.40. The lowest BCUT2D eigenvalue weighted by Crippen LogP contribution is -2.55. The number of fused-ring (bicyclic) bond motifs is 2. The van der Waals surface area contributed by atoms with Crippen LogP contribution in [0, 0.1) is 0 Å². The van der Waals surface area contributed by atoms with Crippen LogP contribution in [0.15, 0.2) is 46.3 Å². The first-order valence-corrected chi connectivity index (χ1v) is 15.8. The molecule has 0 spiro atoms. The molecule has 9 nitrogen and oxygen atoms in total. The maximum Gasteiger partial charge on any atom is 0.263 e. The molecule has 1 aromatic heterocycles. The van der Waals surface area contributed by atoms with E-state index in [1.807, 2.05) is 0 Å². The van der Waals surface area contributed by atoms with E-state index in [2.05, 4.69) is 15.2 Å². The number of piperidine rings is 1. The number of nitrogens with one attached hydrogen (secondary N) is 1. The van der Waals surface area contributed by atoms with E-state index in [0.717, 1.165) is 31.2 Å². The highest BCUT2D eigenvalue weighted by Crippen LogP contribution is 2.39. The Hall–Kier alpha value is -2.37. The average molecular weight is 556 g/mol. The molecule has 3 heterocycles. The Morgan fingerprint density at radius 3 is 2.22 bits per heavy atom. The Bertz CT molecular complexity index is 1360. The molecular weight excluding hydrogens is 526 g/mol. The fourth-order valence-corrected chi connectivity index (χ4v) is 6.56. The van der Waals surface area contributed by atoms with Gasteiger partial charge < -0.3 is 15.0 Å². The fraction of sp³-hybridized carbons (Fsp3) is 0.500. The molecule has 4 rings (SSSR count). The molecule has 196 valence electrons. The number of anilines is 1. The SMILES string of the molecule is CC(C)(Oc1ccc(Cl)cc1S(C)(=O)=O)C(=O)NC1CC2CCC(C1)N2c1ccc(S(C)(=O)=O)cn1. The van der Waals surface area contributed by atoms with Crippen molar-refractivity contribution >= 4 is 43.0 Å². The molecule has 0 aliphatic carbocycles. The van der Waals surface area contributed by atoms with Crippen molar-refractivity contribution in [3.63, 3.8) is 0 Å². The second kappa shape index (κ2) is 9.50. The summed E-state index contributed by atoms with van der Waals surface area (Å²) in [7, 11) is -6.93. The smallest absolute Gasteiger partial charge is 0.263 e. The topological polar surface area (TPSA) is 123 Å². The lowest BCUT2D eigenvalue weighted by atomic mass is 9.96. The van der Waals surface area contributed by atoms with Crippen LogP contribution in [0.5, 0.6) is 5.75 Å². The summed E-state index contributed by atoms with van der Waals surface area (Å²) in [6.07, 6.45) is 6.93. The van der Waals surface area contributed by atoms with Crippen molar-refractivity contribution in [2.45, 2.75) is 73.0 Å². The molecule has 0 saturated carbocycles. The number of sulfone groups is 2. The molecule has 1 N–H and O–H groups in total. The summed E-state index contributed by atoms with van der Waals surface area (Å²) in [6, 6.07) is 7.85. The van der Waals surface area contributed by atoms with E-state index in [1.165, 1.54) is 24.4 Å². The minimum Gasteiger partial charge on any atom is -0.477 e. The summed E-state index contributed by atoms with van der Waals surface area (Å²) in [5.74, 6) is 0.463. The largest absolute Gasteiger partial charge is 0.477 e. The number of benzene rings is 1. The number of ether oxygens (including phenoxy) is 1. The quantitative estimate of drug-likeness (QED) is 0.553. The molecular formula is C24H30ClN3O6S2. The summed E-state index contributed by atoms with van der Waals surface area (Å²) in [4.78, 5) is 19.9. The van der Waals surface area contributed by atoms with E-state index in [4.69, 9.17) is 16.3 Å². The van der Waals surface area contributed by atoms with Gasteiger partial charge in [0.2, 0.25) is 0 Å². The lowest BCUT2D eigenvalue weighted by molar-refractivity contribution is -0.135.